The summed E-state index contributed by atoms with van der Waals surface area (Å²) in [5.74, 6) is 0.569. The van der Waals surface area contributed by atoms with Gasteiger partial charge in [0.1, 0.15) is 0 Å². The van der Waals surface area contributed by atoms with Gasteiger partial charge in [-0.3, -0.25) is 4.79 Å². The predicted octanol–water partition coefficient (Wildman–Crippen LogP) is 3.14. The monoisotopic (exact) mass is 260 g/mol. The van der Waals surface area contributed by atoms with Crippen molar-refractivity contribution in [2.45, 2.75) is 39.5 Å². The van der Waals surface area contributed by atoms with Gasteiger partial charge in [0.05, 0.1) is 0 Å². The minimum absolute atomic E-state index is 0.155. The van der Waals surface area contributed by atoms with Gasteiger partial charge in [0, 0.05) is 11.1 Å². The van der Waals surface area contributed by atoms with Gasteiger partial charge < -0.3 is 10.6 Å². The van der Waals surface area contributed by atoms with Gasteiger partial charge in [0.25, 0.3) is 0 Å². The smallest absolute Gasteiger partial charge is 0.230 e. The molecule has 0 saturated carbocycles. The molecule has 1 fully saturated rings. The van der Waals surface area contributed by atoms with E-state index in [4.69, 9.17) is 0 Å². The normalized spacial score (nSPS) is 18.3. The fourth-order valence-corrected chi connectivity index (χ4v) is 2.59. The number of hydrogen-bond acceptors (Lipinski definition) is 2. The van der Waals surface area contributed by atoms with Crippen LogP contribution in [0.5, 0.6) is 0 Å². The van der Waals surface area contributed by atoms with Crippen LogP contribution in [0.3, 0.4) is 0 Å². The molecule has 1 saturated heterocycles. The van der Waals surface area contributed by atoms with Crippen LogP contribution in [0.4, 0.5) is 5.69 Å². The Bertz CT molecular complexity index is 448. The molecule has 2 N–H and O–H groups in total. The fraction of sp³-hybridized carbons (Fsp3) is 0.562. The summed E-state index contributed by atoms with van der Waals surface area (Å²) in [7, 11) is 0. The molecule has 2 rings (SSSR count). The quantitative estimate of drug-likeness (QED) is 0.876. The third kappa shape index (κ3) is 3.16. The molecule has 0 atom stereocenters. The Hall–Kier alpha value is -1.35. The molecular formula is C16H24N2O. The Kier molecular flexibility index (Phi) is 4.25. The van der Waals surface area contributed by atoms with E-state index in [1.54, 1.807) is 0 Å². The molecular weight excluding hydrogens is 236 g/mol. The molecule has 1 aliphatic rings. The van der Waals surface area contributed by atoms with Crippen LogP contribution in [0.1, 0.15) is 45.1 Å². The van der Waals surface area contributed by atoms with E-state index in [1.807, 2.05) is 18.2 Å². The van der Waals surface area contributed by atoms with Crippen molar-refractivity contribution in [2.24, 2.45) is 5.41 Å². The number of nitrogens with one attached hydrogen (secondary N) is 2. The highest BCUT2D eigenvalue weighted by Crippen LogP contribution is 2.31. The summed E-state index contributed by atoms with van der Waals surface area (Å²) in [5.41, 5.74) is 1.92. The molecule has 0 aliphatic carbocycles. The molecule has 1 amide bonds. The Balaban J connectivity index is 2.14. The van der Waals surface area contributed by atoms with Crippen LogP contribution in [-0.2, 0) is 4.79 Å². The van der Waals surface area contributed by atoms with Gasteiger partial charge in [-0.2, -0.15) is 0 Å². The van der Waals surface area contributed by atoms with Crippen LogP contribution in [0.2, 0.25) is 0 Å². The van der Waals surface area contributed by atoms with Crippen molar-refractivity contribution in [1.82, 2.24) is 5.32 Å². The molecule has 3 heteroatoms. The molecule has 104 valence electrons. The van der Waals surface area contributed by atoms with Crippen molar-refractivity contribution >= 4 is 11.6 Å². The van der Waals surface area contributed by atoms with E-state index in [1.165, 1.54) is 5.56 Å². The highest BCUT2D eigenvalue weighted by Gasteiger charge is 2.34. The minimum atomic E-state index is -0.241. The molecule has 0 radical (unpaired) electrons. The number of amides is 1. The highest BCUT2D eigenvalue weighted by atomic mass is 16.2. The topological polar surface area (TPSA) is 41.1 Å². The van der Waals surface area contributed by atoms with Crippen molar-refractivity contribution in [3.8, 4) is 0 Å². The minimum Gasteiger partial charge on any atom is -0.325 e. The fourth-order valence-electron chi connectivity index (χ4n) is 2.59. The maximum absolute atomic E-state index is 12.5. The summed E-state index contributed by atoms with van der Waals surface area (Å²) >= 11 is 0. The molecule has 19 heavy (non-hydrogen) atoms. The molecule has 1 aliphatic heterocycles. The number of para-hydroxylation sites is 1. The van der Waals surface area contributed by atoms with Crippen molar-refractivity contribution in [2.75, 3.05) is 18.4 Å². The number of hydrogen-bond donors (Lipinski definition) is 2. The second-order valence-electron chi connectivity index (χ2n) is 6.01. The lowest BCUT2D eigenvalue weighted by atomic mass is 9.80. The van der Waals surface area contributed by atoms with Gasteiger partial charge in [-0.05, 0) is 43.5 Å². The van der Waals surface area contributed by atoms with Gasteiger partial charge in [0.15, 0.2) is 0 Å². The second-order valence-corrected chi connectivity index (χ2v) is 6.01. The van der Waals surface area contributed by atoms with Crippen LogP contribution >= 0.6 is 0 Å². The maximum Gasteiger partial charge on any atom is 0.230 e. The van der Waals surface area contributed by atoms with E-state index in [9.17, 15) is 4.79 Å². The van der Waals surface area contributed by atoms with E-state index in [-0.39, 0.29) is 11.3 Å². The summed E-state index contributed by atoms with van der Waals surface area (Å²) in [5, 5.41) is 6.44. The lowest BCUT2D eigenvalue weighted by molar-refractivity contribution is -0.126. The third-order valence-corrected chi connectivity index (χ3v) is 4.09. The summed E-state index contributed by atoms with van der Waals surface area (Å²) in [4.78, 5) is 12.5. The van der Waals surface area contributed by atoms with Gasteiger partial charge in [-0.1, -0.05) is 39.0 Å². The standard InChI is InChI=1S/C16H24N2O/c1-12(2)13-6-4-5-7-14(13)18-15(19)16(3)8-10-17-11-9-16/h4-7,12,17H,8-11H2,1-3H3,(H,18,19). The Labute approximate surface area is 115 Å². The predicted molar refractivity (Wildman–Crippen MR) is 79.4 cm³/mol. The molecule has 1 heterocycles. The van der Waals surface area contributed by atoms with Crippen LogP contribution in [0.25, 0.3) is 0 Å². The van der Waals surface area contributed by atoms with Gasteiger partial charge >= 0.3 is 0 Å². The van der Waals surface area contributed by atoms with Crippen LogP contribution in [-0.4, -0.2) is 19.0 Å². The van der Waals surface area contributed by atoms with Crippen molar-refractivity contribution in [3.63, 3.8) is 0 Å². The largest absolute Gasteiger partial charge is 0.325 e. The van der Waals surface area contributed by atoms with E-state index in [2.05, 4.69) is 37.5 Å². The number of rotatable bonds is 3. The molecule has 0 aromatic heterocycles. The van der Waals surface area contributed by atoms with Crippen molar-refractivity contribution in [1.29, 1.82) is 0 Å². The number of carbonyl (C=O) groups excluding carboxylic acids is 1. The zero-order valence-corrected chi connectivity index (χ0v) is 12.1. The van der Waals surface area contributed by atoms with Crippen molar-refractivity contribution in [3.05, 3.63) is 29.8 Å². The first-order chi connectivity index (χ1) is 9.03. The Morgan fingerprint density at radius 1 is 1.26 bits per heavy atom. The zero-order valence-electron chi connectivity index (χ0n) is 12.1. The Morgan fingerprint density at radius 3 is 2.53 bits per heavy atom. The Morgan fingerprint density at radius 2 is 1.89 bits per heavy atom. The molecule has 1 aromatic carbocycles. The van der Waals surface area contributed by atoms with E-state index < -0.39 is 0 Å². The van der Waals surface area contributed by atoms with Crippen LogP contribution < -0.4 is 10.6 Å². The number of anilines is 1. The van der Waals surface area contributed by atoms with Gasteiger partial charge in [-0.25, -0.2) is 0 Å². The first-order valence-electron chi connectivity index (χ1n) is 7.14. The zero-order chi connectivity index (χ0) is 13.9. The number of piperidine rings is 1. The second kappa shape index (κ2) is 5.74. The highest BCUT2D eigenvalue weighted by molar-refractivity contribution is 5.95. The van der Waals surface area contributed by atoms with E-state index in [0.29, 0.717) is 5.92 Å². The molecule has 0 unspecified atom stereocenters. The van der Waals surface area contributed by atoms with Crippen molar-refractivity contribution < 1.29 is 4.79 Å². The van der Waals surface area contributed by atoms with E-state index >= 15 is 0 Å². The SMILES string of the molecule is CC(C)c1ccccc1NC(=O)C1(C)CCNCC1. The average Bonchev–Trinajstić information content (AvgIpc) is 2.40. The average molecular weight is 260 g/mol. The first-order valence-corrected chi connectivity index (χ1v) is 7.14. The summed E-state index contributed by atoms with van der Waals surface area (Å²) in [6.07, 6.45) is 1.81. The first kappa shape index (κ1) is 14.1. The van der Waals surface area contributed by atoms with Gasteiger partial charge in [-0.15, -0.1) is 0 Å². The van der Waals surface area contributed by atoms with E-state index in [0.717, 1.165) is 31.6 Å². The van der Waals surface area contributed by atoms with Crippen LogP contribution in [0.15, 0.2) is 24.3 Å². The molecule has 0 bridgehead atoms. The van der Waals surface area contributed by atoms with Gasteiger partial charge in [0.2, 0.25) is 5.91 Å². The molecule has 3 nitrogen and oxygen atoms in total. The summed E-state index contributed by atoms with van der Waals surface area (Å²) in [6.45, 7) is 8.22. The number of benzene rings is 1. The molecule has 1 aromatic rings. The summed E-state index contributed by atoms with van der Waals surface area (Å²) < 4.78 is 0. The number of carbonyl (C=O) groups is 1. The lowest BCUT2D eigenvalue weighted by Crippen LogP contribution is -2.43. The lowest BCUT2D eigenvalue weighted by Gasteiger charge is -2.33. The summed E-state index contributed by atoms with van der Waals surface area (Å²) in [6, 6.07) is 8.09. The third-order valence-electron chi connectivity index (χ3n) is 4.09. The maximum atomic E-state index is 12.5. The molecule has 0 spiro atoms. The van der Waals surface area contributed by atoms with Crippen LogP contribution in [0, 0.1) is 5.41 Å².